The second-order valence-corrected chi connectivity index (χ2v) is 12.0. The number of aliphatic hydroxyl groups is 2. The Hall–Kier alpha value is -0.610. The Bertz CT molecular complexity index is 649. The van der Waals surface area contributed by atoms with Crippen molar-refractivity contribution in [3.05, 3.63) is 0 Å². The molecule has 30 heavy (non-hydrogen) atoms. The highest BCUT2D eigenvalue weighted by Gasteiger charge is 2.64. The molecule has 0 radical (unpaired) electrons. The number of aliphatic hydroxyl groups excluding tert-OH is 2. The molecule has 4 fully saturated rings. The van der Waals surface area contributed by atoms with Gasteiger partial charge in [-0.1, -0.05) is 34.1 Å². The molecular weight excluding hydrogens is 376 g/mol. The lowest BCUT2D eigenvalue weighted by molar-refractivity contribution is -0.203. The third kappa shape index (κ3) is 3.36. The Morgan fingerprint density at radius 3 is 2.33 bits per heavy atom. The zero-order valence-electron chi connectivity index (χ0n) is 19.5. The molecule has 4 aliphatic carbocycles. The summed E-state index contributed by atoms with van der Waals surface area (Å²) in [5.41, 5.74) is 0.480. The zero-order valence-corrected chi connectivity index (χ0v) is 19.5. The number of fused-ring (bicyclic) bond motifs is 5. The summed E-state index contributed by atoms with van der Waals surface area (Å²) in [7, 11) is 0. The van der Waals surface area contributed by atoms with Crippen LogP contribution >= 0.6 is 0 Å². The third-order valence-electron chi connectivity index (χ3n) is 11.0. The van der Waals surface area contributed by atoms with Crippen molar-refractivity contribution in [2.75, 3.05) is 0 Å². The van der Waals surface area contributed by atoms with E-state index >= 15 is 0 Å². The van der Waals surface area contributed by atoms with E-state index in [2.05, 4.69) is 27.7 Å². The number of carboxylic acid groups (broad SMARTS) is 1. The van der Waals surface area contributed by atoms with Crippen LogP contribution in [0.15, 0.2) is 0 Å². The molecule has 4 aliphatic rings. The Labute approximate surface area is 182 Å². The van der Waals surface area contributed by atoms with E-state index in [-0.39, 0.29) is 29.5 Å². The molecule has 4 saturated carbocycles. The summed E-state index contributed by atoms with van der Waals surface area (Å²) < 4.78 is 0. The van der Waals surface area contributed by atoms with Crippen molar-refractivity contribution in [2.24, 2.45) is 52.3 Å². The fourth-order valence-corrected chi connectivity index (χ4v) is 9.48. The van der Waals surface area contributed by atoms with Crippen molar-refractivity contribution in [1.29, 1.82) is 0 Å². The topological polar surface area (TPSA) is 77.8 Å². The van der Waals surface area contributed by atoms with Gasteiger partial charge in [0.25, 0.3) is 0 Å². The molecule has 0 aliphatic heterocycles. The van der Waals surface area contributed by atoms with Crippen LogP contribution in [0, 0.1) is 52.3 Å². The molecule has 0 aromatic rings. The van der Waals surface area contributed by atoms with Gasteiger partial charge in [0.15, 0.2) is 0 Å². The first-order valence-corrected chi connectivity index (χ1v) is 12.7. The van der Waals surface area contributed by atoms with Crippen LogP contribution in [0.25, 0.3) is 0 Å². The van der Waals surface area contributed by atoms with Gasteiger partial charge in [0.1, 0.15) is 0 Å². The van der Waals surface area contributed by atoms with E-state index in [1.54, 1.807) is 0 Å². The molecular formula is C26H44O4. The average Bonchev–Trinajstić information content (AvgIpc) is 3.05. The van der Waals surface area contributed by atoms with Crippen molar-refractivity contribution in [1.82, 2.24) is 0 Å². The number of aliphatic carboxylic acids is 1. The van der Waals surface area contributed by atoms with Crippen LogP contribution in [0.4, 0.5) is 0 Å². The molecule has 3 N–H and O–H groups in total. The smallest absolute Gasteiger partial charge is 0.303 e. The third-order valence-corrected chi connectivity index (χ3v) is 11.0. The summed E-state index contributed by atoms with van der Waals surface area (Å²) in [5, 5.41) is 31.3. The average molecular weight is 421 g/mol. The van der Waals surface area contributed by atoms with Crippen LogP contribution in [0.1, 0.15) is 91.9 Å². The summed E-state index contributed by atoms with van der Waals surface area (Å²) in [6, 6.07) is 0. The van der Waals surface area contributed by atoms with Gasteiger partial charge < -0.3 is 15.3 Å². The predicted molar refractivity (Wildman–Crippen MR) is 118 cm³/mol. The largest absolute Gasteiger partial charge is 0.481 e. The van der Waals surface area contributed by atoms with Gasteiger partial charge in [0.2, 0.25) is 0 Å². The van der Waals surface area contributed by atoms with Crippen LogP contribution < -0.4 is 0 Å². The summed E-state index contributed by atoms with van der Waals surface area (Å²) in [5.74, 6) is 2.58. The number of hydrogen-bond acceptors (Lipinski definition) is 3. The van der Waals surface area contributed by atoms with Gasteiger partial charge in [0.05, 0.1) is 12.2 Å². The van der Waals surface area contributed by atoms with Gasteiger partial charge in [-0.2, -0.15) is 0 Å². The highest BCUT2D eigenvalue weighted by atomic mass is 16.4. The lowest BCUT2D eigenvalue weighted by Gasteiger charge is -2.64. The number of rotatable bonds is 5. The highest BCUT2D eigenvalue weighted by Crippen LogP contribution is 2.69. The van der Waals surface area contributed by atoms with Crippen LogP contribution in [-0.4, -0.2) is 33.5 Å². The van der Waals surface area contributed by atoms with E-state index in [0.717, 1.165) is 32.1 Å². The van der Waals surface area contributed by atoms with E-state index < -0.39 is 5.97 Å². The SMILES string of the molecule is CC[C@@H]1[C@H]2C[C@H](O)CC[C@]2(C)C2CC[C@@]3(C)C(CC[C@@H]3[C@H](C)CCC(=O)O)C2[C@@H]1O. The maximum absolute atomic E-state index is 11.7. The normalized spacial score (nSPS) is 51.5. The van der Waals surface area contributed by atoms with Crippen molar-refractivity contribution in [2.45, 2.75) is 104 Å². The Balaban J connectivity index is 1.61. The molecule has 0 bridgehead atoms. The van der Waals surface area contributed by atoms with Gasteiger partial charge in [-0.3, -0.25) is 4.79 Å². The van der Waals surface area contributed by atoms with Gasteiger partial charge >= 0.3 is 5.97 Å². The van der Waals surface area contributed by atoms with E-state index in [1.165, 1.54) is 25.7 Å². The van der Waals surface area contributed by atoms with Crippen LogP contribution in [0.3, 0.4) is 0 Å². The molecule has 0 aromatic heterocycles. The maximum atomic E-state index is 11.7. The summed E-state index contributed by atoms with van der Waals surface area (Å²) in [6.45, 7) is 9.44. The van der Waals surface area contributed by atoms with E-state index in [9.17, 15) is 15.0 Å². The molecule has 3 unspecified atom stereocenters. The number of carboxylic acids is 1. The molecule has 0 spiro atoms. The second-order valence-electron chi connectivity index (χ2n) is 12.0. The van der Waals surface area contributed by atoms with Gasteiger partial charge in [-0.15, -0.1) is 0 Å². The van der Waals surface area contributed by atoms with Crippen molar-refractivity contribution in [3.8, 4) is 0 Å². The number of hydrogen-bond donors (Lipinski definition) is 3. The van der Waals surface area contributed by atoms with Crippen molar-refractivity contribution in [3.63, 3.8) is 0 Å². The van der Waals surface area contributed by atoms with Crippen molar-refractivity contribution >= 4 is 5.97 Å². The summed E-state index contributed by atoms with van der Waals surface area (Å²) in [4.78, 5) is 11.1. The molecule has 11 atom stereocenters. The molecule has 4 rings (SSSR count). The number of carbonyl (C=O) groups is 1. The predicted octanol–water partition coefficient (Wildman–Crippen LogP) is 5.11. The lowest BCUT2D eigenvalue weighted by Crippen LogP contribution is -2.62. The second kappa shape index (κ2) is 8.06. The molecule has 4 nitrogen and oxygen atoms in total. The maximum Gasteiger partial charge on any atom is 0.303 e. The molecule has 4 heteroatoms. The van der Waals surface area contributed by atoms with Crippen LogP contribution in [-0.2, 0) is 4.79 Å². The first-order valence-electron chi connectivity index (χ1n) is 12.7. The minimum Gasteiger partial charge on any atom is -0.481 e. The molecule has 0 heterocycles. The van der Waals surface area contributed by atoms with Gasteiger partial charge in [-0.05, 0) is 104 Å². The first kappa shape index (κ1) is 22.6. The lowest BCUT2D eigenvalue weighted by atomic mass is 9.41. The molecule has 0 saturated heterocycles. The molecule has 172 valence electrons. The molecule has 0 aromatic carbocycles. The minimum absolute atomic E-state index is 0.194. The van der Waals surface area contributed by atoms with E-state index in [1.807, 2.05) is 0 Å². The Morgan fingerprint density at radius 1 is 1.00 bits per heavy atom. The zero-order chi connectivity index (χ0) is 21.8. The highest BCUT2D eigenvalue weighted by molar-refractivity contribution is 5.66. The fourth-order valence-electron chi connectivity index (χ4n) is 9.48. The van der Waals surface area contributed by atoms with Crippen LogP contribution in [0.5, 0.6) is 0 Å². The van der Waals surface area contributed by atoms with E-state index in [4.69, 9.17) is 5.11 Å². The van der Waals surface area contributed by atoms with E-state index in [0.29, 0.717) is 41.4 Å². The monoisotopic (exact) mass is 420 g/mol. The fraction of sp³-hybridized carbons (Fsp3) is 0.962. The molecule has 0 amide bonds. The Kier molecular flexibility index (Phi) is 6.07. The van der Waals surface area contributed by atoms with Gasteiger partial charge in [-0.25, -0.2) is 0 Å². The standard InChI is InChI=1S/C26H44O4/c1-5-17-21-14-16(27)10-12-26(21,4)20-11-13-25(3)18(15(2)6-9-22(28)29)7-8-19(25)23(20)24(17)30/h15-21,23-24,27,30H,5-14H2,1-4H3,(H,28,29)/t15-,16-,17-,18-,19?,20?,21-,23?,24-,25-,26-/m1/s1. The summed E-state index contributed by atoms with van der Waals surface area (Å²) in [6.07, 6.45) is 9.27. The minimum atomic E-state index is -0.683. The van der Waals surface area contributed by atoms with Crippen LogP contribution in [0.2, 0.25) is 0 Å². The van der Waals surface area contributed by atoms with Crippen molar-refractivity contribution < 1.29 is 20.1 Å². The van der Waals surface area contributed by atoms with Gasteiger partial charge in [0, 0.05) is 6.42 Å². The first-order chi connectivity index (χ1) is 14.1. The summed E-state index contributed by atoms with van der Waals surface area (Å²) >= 11 is 0. The quantitative estimate of drug-likeness (QED) is 0.577. The Morgan fingerprint density at radius 2 is 1.67 bits per heavy atom.